The zero-order valence-electron chi connectivity index (χ0n) is 13.9. The molecule has 8 heteroatoms. The van der Waals surface area contributed by atoms with Gasteiger partial charge in [-0.3, -0.25) is 19.9 Å². The third kappa shape index (κ3) is 2.88. The van der Waals surface area contributed by atoms with Crippen molar-refractivity contribution in [2.24, 2.45) is 0 Å². The van der Waals surface area contributed by atoms with E-state index in [1.165, 1.54) is 0 Å². The number of thioether (sulfide) groups is 1. The van der Waals surface area contributed by atoms with Crippen molar-refractivity contribution < 1.29 is 23.5 Å². The molecule has 0 saturated carbocycles. The summed E-state index contributed by atoms with van der Waals surface area (Å²) in [7, 11) is 0. The molecule has 0 bridgehead atoms. The van der Waals surface area contributed by atoms with Crippen molar-refractivity contribution in [2.75, 3.05) is 6.79 Å². The van der Waals surface area contributed by atoms with Crippen LogP contribution in [0.3, 0.4) is 0 Å². The van der Waals surface area contributed by atoms with Crippen LogP contribution in [0.4, 0.5) is 4.79 Å². The van der Waals surface area contributed by atoms with E-state index in [1.54, 1.807) is 24.5 Å². The SMILES string of the molecule is O=C1NC(=O)/C(=C/c2cc3cncc(-c4ccc5c(c4)COCO5)c3o2)S1. The number of carbonyl (C=O) groups excluding carboxylic acids is 2. The van der Waals surface area contributed by atoms with Gasteiger partial charge < -0.3 is 13.9 Å². The Morgan fingerprint density at radius 1 is 1.19 bits per heavy atom. The number of pyridine rings is 1. The van der Waals surface area contributed by atoms with Crippen LogP contribution in [0.1, 0.15) is 11.3 Å². The molecule has 2 aliphatic heterocycles. The normalized spacial score (nSPS) is 17.9. The molecule has 2 aromatic heterocycles. The molecule has 1 saturated heterocycles. The monoisotopic (exact) mass is 380 g/mol. The van der Waals surface area contributed by atoms with Gasteiger partial charge in [-0.2, -0.15) is 0 Å². The first-order chi connectivity index (χ1) is 13.2. The van der Waals surface area contributed by atoms with Gasteiger partial charge in [-0.1, -0.05) is 6.07 Å². The standard InChI is InChI=1S/C19H12N2O5S/c22-18-16(27-19(23)21-18)5-13-4-11-6-20-7-14(17(11)26-13)10-1-2-15-12(3-10)8-24-9-25-15/h1-7H,8-9H2,(H,21,22,23)/b16-5-. The quantitative estimate of drug-likeness (QED) is 0.678. The third-order valence-electron chi connectivity index (χ3n) is 4.28. The molecule has 7 nitrogen and oxygen atoms in total. The first-order valence-electron chi connectivity index (χ1n) is 8.13. The number of amides is 2. The molecule has 3 aromatic rings. The van der Waals surface area contributed by atoms with Gasteiger partial charge in [0.2, 0.25) is 0 Å². The number of hydrogen-bond acceptors (Lipinski definition) is 7. The second-order valence-electron chi connectivity index (χ2n) is 6.04. The first kappa shape index (κ1) is 16.1. The predicted octanol–water partition coefficient (Wildman–Crippen LogP) is 3.69. The van der Waals surface area contributed by atoms with Gasteiger partial charge in [0.1, 0.15) is 17.1 Å². The Bertz CT molecular complexity index is 1130. The van der Waals surface area contributed by atoms with Crippen molar-refractivity contribution in [1.29, 1.82) is 0 Å². The molecule has 5 rings (SSSR count). The van der Waals surface area contributed by atoms with Crippen molar-refractivity contribution in [3.63, 3.8) is 0 Å². The number of imide groups is 1. The third-order valence-corrected chi connectivity index (χ3v) is 5.09. The maximum atomic E-state index is 11.7. The molecule has 1 fully saturated rings. The average molecular weight is 380 g/mol. The van der Waals surface area contributed by atoms with Crippen LogP contribution >= 0.6 is 11.8 Å². The molecule has 2 aliphatic rings. The maximum absolute atomic E-state index is 11.7. The van der Waals surface area contributed by atoms with Crippen LogP contribution in [0.2, 0.25) is 0 Å². The van der Waals surface area contributed by atoms with Gasteiger partial charge in [0.25, 0.3) is 11.1 Å². The molecular formula is C19H12N2O5S. The maximum Gasteiger partial charge on any atom is 0.290 e. The van der Waals surface area contributed by atoms with Crippen LogP contribution in [0.15, 0.2) is 46.0 Å². The first-order valence-corrected chi connectivity index (χ1v) is 8.95. The van der Waals surface area contributed by atoms with E-state index in [9.17, 15) is 9.59 Å². The highest BCUT2D eigenvalue weighted by Crippen LogP contribution is 2.35. The molecule has 2 amide bonds. The zero-order valence-corrected chi connectivity index (χ0v) is 14.7. The summed E-state index contributed by atoms with van der Waals surface area (Å²) >= 11 is 0.853. The summed E-state index contributed by atoms with van der Waals surface area (Å²) in [5, 5.41) is 2.65. The Labute approximate surface area is 157 Å². The highest BCUT2D eigenvalue weighted by atomic mass is 32.2. The highest BCUT2D eigenvalue weighted by Gasteiger charge is 2.25. The van der Waals surface area contributed by atoms with Crippen LogP contribution in [-0.2, 0) is 16.1 Å². The molecule has 0 radical (unpaired) electrons. The molecule has 4 heterocycles. The fourth-order valence-electron chi connectivity index (χ4n) is 3.07. The van der Waals surface area contributed by atoms with E-state index in [-0.39, 0.29) is 12.0 Å². The summed E-state index contributed by atoms with van der Waals surface area (Å²) in [6.45, 7) is 0.746. The number of ether oxygens (including phenoxy) is 2. The van der Waals surface area contributed by atoms with Gasteiger partial charge in [-0.05, 0) is 35.5 Å². The Hall–Kier alpha value is -3.10. The number of hydrogen-bond donors (Lipinski definition) is 1. The van der Waals surface area contributed by atoms with Gasteiger partial charge in [-0.25, -0.2) is 0 Å². The van der Waals surface area contributed by atoms with Crippen LogP contribution in [-0.4, -0.2) is 22.9 Å². The lowest BCUT2D eigenvalue weighted by atomic mass is 10.0. The lowest BCUT2D eigenvalue weighted by Crippen LogP contribution is -2.17. The smallest absolute Gasteiger partial charge is 0.290 e. The van der Waals surface area contributed by atoms with E-state index >= 15 is 0 Å². The summed E-state index contributed by atoms with van der Waals surface area (Å²) in [6.07, 6.45) is 4.99. The molecule has 1 N–H and O–H groups in total. The fraction of sp³-hybridized carbons (Fsp3) is 0.105. The molecule has 1 aromatic carbocycles. The van der Waals surface area contributed by atoms with E-state index in [4.69, 9.17) is 13.9 Å². The van der Waals surface area contributed by atoms with Crippen LogP contribution in [0, 0.1) is 0 Å². The Balaban J connectivity index is 1.58. The second kappa shape index (κ2) is 6.26. The van der Waals surface area contributed by atoms with Crippen LogP contribution in [0.5, 0.6) is 5.75 Å². The number of fused-ring (bicyclic) bond motifs is 2. The summed E-state index contributed by atoms with van der Waals surface area (Å²) in [6, 6.07) is 7.63. The number of aromatic nitrogens is 1. The molecule has 0 aliphatic carbocycles. The number of furan rings is 1. The molecule has 0 atom stereocenters. The number of nitrogens with zero attached hydrogens (tertiary/aromatic N) is 1. The van der Waals surface area contributed by atoms with Crippen LogP contribution in [0.25, 0.3) is 28.2 Å². The molecule has 27 heavy (non-hydrogen) atoms. The van der Waals surface area contributed by atoms with Crippen molar-refractivity contribution >= 4 is 40.0 Å². The van der Waals surface area contributed by atoms with Crippen LogP contribution < -0.4 is 10.1 Å². The highest BCUT2D eigenvalue weighted by molar-refractivity contribution is 8.18. The Morgan fingerprint density at radius 2 is 2.11 bits per heavy atom. The van der Waals surface area contributed by atoms with Crippen molar-refractivity contribution in [2.45, 2.75) is 6.61 Å². The van der Waals surface area contributed by atoms with Crippen molar-refractivity contribution in [3.05, 3.63) is 52.9 Å². The summed E-state index contributed by atoms with van der Waals surface area (Å²) in [5.74, 6) is 0.874. The Kier molecular flexibility index (Phi) is 3.73. The minimum absolute atomic E-state index is 0.258. The van der Waals surface area contributed by atoms with E-state index in [2.05, 4.69) is 10.3 Å². The van der Waals surface area contributed by atoms with Gasteiger partial charge in [0, 0.05) is 35.0 Å². The number of carbonyl (C=O) groups is 2. The lowest BCUT2D eigenvalue weighted by Gasteiger charge is -2.18. The number of benzene rings is 1. The topological polar surface area (TPSA) is 90.7 Å². The molecule has 134 valence electrons. The van der Waals surface area contributed by atoms with E-state index in [1.807, 2.05) is 18.2 Å². The van der Waals surface area contributed by atoms with E-state index in [0.29, 0.717) is 22.9 Å². The Morgan fingerprint density at radius 3 is 2.96 bits per heavy atom. The van der Waals surface area contributed by atoms with Gasteiger partial charge in [0.05, 0.1) is 11.5 Å². The number of rotatable bonds is 2. The fourth-order valence-corrected chi connectivity index (χ4v) is 3.73. The minimum Gasteiger partial charge on any atom is -0.467 e. The van der Waals surface area contributed by atoms with Crippen molar-refractivity contribution in [3.8, 4) is 16.9 Å². The summed E-state index contributed by atoms with van der Waals surface area (Å²) in [5.41, 5.74) is 3.37. The molecule has 0 spiro atoms. The lowest BCUT2D eigenvalue weighted by molar-refractivity contribution is -0.115. The van der Waals surface area contributed by atoms with Crippen molar-refractivity contribution in [1.82, 2.24) is 10.3 Å². The minimum atomic E-state index is -0.418. The average Bonchev–Trinajstić information content (AvgIpc) is 3.23. The summed E-state index contributed by atoms with van der Waals surface area (Å²) in [4.78, 5) is 27.6. The van der Waals surface area contributed by atoms with Gasteiger partial charge >= 0.3 is 0 Å². The van der Waals surface area contributed by atoms with E-state index < -0.39 is 5.91 Å². The number of nitrogens with one attached hydrogen (secondary N) is 1. The van der Waals surface area contributed by atoms with Gasteiger partial charge in [-0.15, -0.1) is 0 Å². The summed E-state index contributed by atoms with van der Waals surface area (Å²) < 4.78 is 16.8. The molecule has 0 unspecified atom stereocenters. The second-order valence-corrected chi connectivity index (χ2v) is 7.05. The molecular weight excluding hydrogens is 368 g/mol. The van der Waals surface area contributed by atoms with Gasteiger partial charge in [0.15, 0.2) is 6.79 Å². The van der Waals surface area contributed by atoms with E-state index in [0.717, 1.165) is 39.6 Å². The largest absolute Gasteiger partial charge is 0.467 e. The predicted molar refractivity (Wildman–Crippen MR) is 98.8 cm³/mol. The zero-order chi connectivity index (χ0) is 18.4.